The zero-order valence-corrected chi connectivity index (χ0v) is 35.7. The molecule has 0 spiro atoms. The molecule has 0 N–H and O–H groups in total. The molecule has 0 aliphatic carbocycles. The minimum atomic E-state index is -0.0430. The molecule has 14 heteroatoms. The molecule has 10 aromatic rings. The Morgan fingerprint density at radius 1 is 0.242 bits per heavy atom. The van der Waals surface area contributed by atoms with Crippen LogP contribution in [0.25, 0.3) is 76.5 Å². The van der Waals surface area contributed by atoms with E-state index in [2.05, 4.69) is 30.3 Å². The Labute approximate surface area is 402 Å². The van der Waals surface area contributed by atoms with E-state index in [-0.39, 0.29) is 93.5 Å². The van der Waals surface area contributed by atoms with E-state index in [9.17, 15) is 0 Å². The number of anilines is 3. The first-order valence-electron chi connectivity index (χ1n) is 21.0. The molecule has 0 heterocycles. The third-order valence-corrected chi connectivity index (χ3v) is 12.9. The number of rotatable bonds is 6. The van der Waals surface area contributed by atoms with Crippen LogP contribution in [0.15, 0.2) is 133 Å². The maximum Gasteiger partial charge on any atom is 0.115 e. The van der Waals surface area contributed by atoms with Crippen LogP contribution >= 0.6 is 0 Å². The van der Waals surface area contributed by atoms with Gasteiger partial charge in [0.25, 0.3) is 0 Å². The lowest BCUT2D eigenvalue weighted by Crippen LogP contribution is -2.57. The fourth-order valence-corrected chi connectivity index (χ4v) is 9.65. The quantitative estimate of drug-likeness (QED) is 0.156. The SMILES string of the molecule is [B]c1c([B])c([B])c(-c2c([B])c([B])c(N(c3c([B])c([B])c(-c4c(-c5ccccc5)c5ccccc5c5ccccc45)c([B])c3[B])c3cc4ccccc4c4ccccc34)c([B])c2[B])c([B])c1[B]. The van der Waals surface area contributed by atoms with E-state index in [1.807, 2.05) is 103 Å². The molecule has 0 saturated carbocycles. The van der Waals surface area contributed by atoms with Gasteiger partial charge in [0.2, 0.25) is 0 Å². The van der Waals surface area contributed by atoms with E-state index in [4.69, 9.17) is 102 Å². The summed E-state index contributed by atoms with van der Waals surface area (Å²) in [4.78, 5) is 1.73. The van der Waals surface area contributed by atoms with Crippen molar-refractivity contribution in [1.82, 2.24) is 0 Å². The maximum absolute atomic E-state index is 7.43. The van der Waals surface area contributed by atoms with Gasteiger partial charge < -0.3 is 4.90 Å². The Kier molecular flexibility index (Phi) is 11.0. The van der Waals surface area contributed by atoms with E-state index in [0.717, 1.165) is 59.8 Å². The average molecular weight is 801 g/mol. The third-order valence-electron chi connectivity index (χ3n) is 12.9. The first-order valence-corrected chi connectivity index (χ1v) is 21.0. The summed E-state index contributed by atoms with van der Waals surface area (Å²) in [6.07, 6.45) is 0. The molecule has 0 saturated heterocycles. The van der Waals surface area contributed by atoms with Crippen molar-refractivity contribution in [2.24, 2.45) is 0 Å². The van der Waals surface area contributed by atoms with Gasteiger partial charge in [-0.15, -0.1) is 16.4 Å². The minimum Gasteiger partial charge on any atom is -0.312 e. The molecule has 0 fully saturated rings. The van der Waals surface area contributed by atoms with Gasteiger partial charge in [-0.3, -0.25) is 0 Å². The molecule has 274 valence electrons. The minimum absolute atomic E-state index is 0.00923. The molecule has 1 nitrogen and oxygen atoms in total. The molecule has 66 heavy (non-hydrogen) atoms. The zero-order chi connectivity index (χ0) is 46.5. The molecule has 10 aromatic carbocycles. The molecule has 0 atom stereocenters. The van der Waals surface area contributed by atoms with Crippen molar-refractivity contribution in [1.29, 1.82) is 0 Å². The molecule has 0 amide bonds. The number of benzene rings is 10. The Balaban J connectivity index is 1.35. The van der Waals surface area contributed by atoms with Crippen LogP contribution < -0.4 is 75.9 Å². The second-order valence-corrected chi connectivity index (χ2v) is 16.4. The predicted octanol–water partition coefficient (Wildman–Crippen LogP) is -0.910. The Hall–Kier alpha value is -6.12. The van der Waals surface area contributed by atoms with E-state index in [1.54, 1.807) is 4.90 Å². The third kappa shape index (κ3) is 6.49. The average Bonchev–Trinajstić information content (AvgIpc) is 3.34. The highest BCUT2D eigenvalue weighted by Crippen LogP contribution is 2.44. The summed E-state index contributed by atoms with van der Waals surface area (Å²) in [7, 11) is 90.1. The second-order valence-electron chi connectivity index (χ2n) is 16.4. The molecule has 0 unspecified atom stereocenters. The van der Waals surface area contributed by atoms with Gasteiger partial charge in [-0.2, -0.15) is 0 Å². The summed E-state index contributed by atoms with van der Waals surface area (Å²) in [5.41, 5.74) is 4.45. The number of nitrogens with zero attached hydrogens (tertiary/aromatic N) is 1. The van der Waals surface area contributed by atoms with Crippen molar-refractivity contribution in [2.45, 2.75) is 0 Å². The summed E-state index contributed by atoms with van der Waals surface area (Å²) in [6.45, 7) is 0. The van der Waals surface area contributed by atoms with Gasteiger partial charge in [-0.1, -0.05) is 182 Å². The van der Waals surface area contributed by atoms with Crippen LogP contribution in [-0.2, 0) is 0 Å². The molecule has 26 radical (unpaired) electrons. The van der Waals surface area contributed by atoms with Gasteiger partial charge in [0.1, 0.15) is 102 Å². The fraction of sp³-hybridized carbons (Fsp3) is 0. The lowest BCUT2D eigenvalue weighted by atomic mass is 9.56. The molecule has 0 aliphatic rings. The summed E-state index contributed by atoms with van der Waals surface area (Å²) < 4.78 is 0. The van der Waals surface area contributed by atoms with Crippen molar-refractivity contribution in [2.75, 3.05) is 4.90 Å². The van der Waals surface area contributed by atoms with Crippen LogP contribution in [0.3, 0.4) is 0 Å². The summed E-state index contributed by atoms with van der Waals surface area (Å²) in [6, 6.07) is 44.2. The number of hydrogen-bond donors (Lipinski definition) is 0. The first-order chi connectivity index (χ1) is 31.7. The Morgan fingerprint density at radius 3 is 1.03 bits per heavy atom. The summed E-state index contributed by atoms with van der Waals surface area (Å²) >= 11 is 0. The summed E-state index contributed by atoms with van der Waals surface area (Å²) in [5.74, 6) is 0. The van der Waals surface area contributed by atoms with Crippen LogP contribution in [0.1, 0.15) is 0 Å². The molecule has 0 bridgehead atoms. The molecule has 0 aliphatic heterocycles. The van der Waals surface area contributed by atoms with Gasteiger partial charge in [0, 0.05) is 16.8 Å². The standard InChI is InChI=1S/C52H22B13N/c53-38-36(39(54)45(60)46(61)44(38)59)37-42(57)49(64)52(50(65)43(37)58)66(32-22-24-14-4-5-15-25(24)26-16-6-9-19-29(26)32)51-47(62)40(55)35(41(56)48(51)63)34-31-21-11-8-18-28(31)27-17-7-10-20-30(27)33(34)23-12-2-1-3-13-23/h1-22H. The fourth-order valence-electron chi connectivity index (χ4n) is 9.65. The van der Waals surface area contributed by atoms with Crippen molar-refractivity contribution < 1.29 is 0 Å². The highest BCUT2D eigenvalue weighted by molar-refractivity contribution is 6.71. The van der Waals surface area contributed by atoms with E-state index >= 15 is 0 Å². The normalized spacial score (nSPS) is 11.5. The van der Waals surface area contributed by atoms with Crippen LogP contribution in [0.5, 0.6) is 0 Å². The topological polar surface area (TPSA) is 3.24 Å². The molecule has 10 rings (SSSR count). The van der Waals surface area contributed by atoms with Crippen LogP contribution in [0.4, 0.5) is 17.1 Å². The van der Waals surface area contributed by atoms with Crippen molar-refractivity contribution in [3.63, 3.8) is 0 Å². The van der Waals surface area contributed by atoms with Gasteiger partial charge in [-0.05, 0) is 77.2 Å². The van der Waals surface area contributed by atoms with Crippen LogP contribution in [-0.4, -0.2) is 102 Å². The van der Waals surface area contributed by atoms with E-state index in [0.29, 0.717) is 11.3 Å². The maximum atomic E-state index is 7.43. The highest BCUT2D eigenvalue weighted by Gasteiger charge is 2.30. The second kappa shape index (κ2) is 16.6. The van der Waals surface area contributed by atoms with Crippen molar-refractivity contribution in [3.05, 3.63) is 133 Å². The molecular weight excluding hydrogens is 779 g/mol. The Morgan fingerprint density at radius 2 is 0.561 bits per heavy atom. The number of fused-ring (bicyclic) bond motifs is 6. The lowest BCUT2D eigenvalue weighted by Gasteiger charge is -2.38. The first kappa shape index (κ1) is 43.8. The number of hydrogen-bond acceptors (Lipinski definition) is 1. The molecular formula is C52H22B13N. The predicted molar refractivity (Wildman–Crippen MR) is 298 cm³/mol. The van der Waals surface area contributed by atoms with Gasteiger partial charge >= 0.3 is 0 Å². The van der Waals surface area contributed by atoms with Gasteiger partial charge in [-0.25, -0.2) is 0 Å². The lowest BCUT2D eigenvalue weighted by molar-refractivity contribution is 1.36. The Bertz CT molecular complexity index is 3620. The summed E-state index contributed by atoms with van der Waals surface area (Å²) in [5, 5.41) is 7.47. The van der Waals surface area contributed by atoms with Gasteiger partial charge in [0.05, 0.1) is 5.69 Å². The van der Waals surface area contributed by atoms with Crippen LogP contribution in [0.2, 0.25) is 0 Å². The smallest absolute Gasteiger partial charge is 0.115 e. The van der Waals surface area contributed by atoms with Gasteiger partial charge in [0.15, 0.2) is 0 Å². The highest BCUT2D eigenvalue weighted by atomic mass is 15.2. The van der Waals surface area contributed by atoms with Crippen molar-refractivity contribution >= 4 is 233 Å². The van der Waals surface area contributed by atoms with Crippen molar-refractivity contribution in [3.8, 4) is 33.4 Å². The molecule has 0 aromatic heterocycles. The monoisotopic (exact) mass is 803 g/mol. The largest absolute Gasteiger partial charge is 0.312 e. The van der Waals surface area contributed by atoms with E-state index < -0.39 is 0 Å². The van der Waals surface area contributed by atoms with E-state index in [1.165, 1.54) is 0 Å². The zero-order valence-electron chi connectivity index (χ0n) is 35.7. The van der Waals surface area contributed by atoms with Crippen LogP contribution in [0, 0.1) is 0 Å².